The van der Waals surface area contributed by atoms with Gasteiger partial charge in [-0.25, -0.2) is 0 Å². The number of hydrogen-bond donors (Lipinski definition) is 1. The van der Waals surface area contributed by atoms with E-state index in [0.29, 0.717) is 0 Å². The minimum absolute atomic E-state index is 0.0282. The lowest BCUT2D eigenvalue weighted by Gasteiger charge is -2.40. The molecule has 19 heavy (non-hydrogen) atoms. The maximum Gasteiger partial charge on any atom is 0.119 e. The number of hydrogen-bond acceptors (Lipinski definition) is 2. The van der Waals surface area contributed by atoms with Crippen LogP contribution in [0.4, 0.5) is 0 Å². The van der Waals surface area contributed by atoms with Gasteiger partial charge in [0.05, 0.1) is 7.11 Å². The Hall–Kier alpha value is -1.02. The summed E-state index contributed by atoms with van der Waals surface area (Å²) in [4.78, 5) is 0. The van der Waals surface area contributed by atoms with Gasteiger partial charge in [0.15, 0.2) is 0 Å². The highest BCUT2D eigenvalue weighted by Gasteiger charge is 2.33. The van der Waals surface area contributed by atoms with E-state index >= 15 is 0 Å². The first kappa shape index (κ1) is 14.4. The molecule has 0 heterocycles. The molecule has 1 aliphatic carbocycles. The quantitative estimate of drug-likeness (QED) is 0.895. The predicted octanol–water partition coefficient (Wildman–Crippen LogP) is 3.78. The molecule has 0 spiro atoms. The second-order valence-corrected chi connectivity index (χ2v) is 6.49. The molecule has 2 nitrogen and oxygen atoms in total. The Morgan fingerprint density at radius 1 is 1.42 bits per heavy atom. The van der Waals surface area contributed by atoms with Gasteiger partial charge >= 0.3 is 0 Å². The van der Waals surface area contributed by atoms with Crippen molar-refractivity contribution in [3.05, 3.63) is 29.8 Å². The summed E-state index contributed by atoms with van der Waals surface area (Å²) in [5.41, 5.74) is 7.94. The summed E-state index contributed by atoms with van der Waals surface area (Å²) in [5, 5.41) is 0. The highest BCUT2D eigenvalue weighted by atomic mass is 16.5. The van der Waals surface area contributed by atoms with Crippen molar-refractivity contribution >= 4 is 0 Å². The Balaban J connectivity index is 2.07. The molecule has 2 rings (SSSR count). The second-order valence-electron chi connectivity index (χ2n) is 6.49. The lowest BCUT2D eigenvalue weighted by atomic mass is 9.70. The van der Waals surface area contributed by atoms with Crippen molar-refractivity contribution in [3.63, 3.8) is 0 Å². The molecule has 1 saturated carbocycles. The first-order valence-electron chi connectivity index (χ1n) is 7.44. The van der Waals surface area contributed by atoms with Crippen LogP contribution in [0.3, 0.4) is 0 Å². The van der Waals surface area contributed by atoms with Crippen molar-refractivity contribution in [1.29, 1.82) is 0 Å². The number of rotatable bonds is 4. The zero-order valence-corrected chi connectivity index (χ0v) is 12.5. The summed E-state index contributed by atoms with van der Waals surface area (Å²) < 4.78 is 5.30. The van der Waals surface area contributed by atoms with Crippen LogP contribution in [0.2, 0.25) is 0 Å². The van der Waals surface area contributed by atoms with E-state index in [2.05, 4.69) is 32.0 Å². The average molecular weight is 261 g/mol. The number of ether oxygens (including phenoxy) is 1. The third-order valence-electron chi connectivity index (χ3n) is 4.55. The number of nitrogens with two attached hydrogens (primary N) is 1. The molecule has 0 aromatic heterocycles. The lowest BCUT2D eigenvalue weighted by molar-refractivity contribution is 0.182. The zero-order chi connectivity index (χ0) is 13.9. The first-order valence-corrected chi connectivity index (χ1v) is 7.44. The van der Waals surface area contributed by atoms with Gasteiger partial charge < -0.3 is 10.5 Å². The highest BCUT2D eigenvalue weighted by Crippen LogP contribution is 2.37. The minimum atomic E-state index is -0.0282. The van der Waals surface area contributed by atoms with Gasteiger partial charge in [0.2, 0.25) is 0 Å². The van der Waals surface area contributed by atoms with E-state index in [9.17, 15) is 0 Å². The third kappa shape index (κ3) is 3.73. The van der Waals surface area contributed by atoms with Crippen LogP contribution in [0.25, 0.3) is 0 Å². The molecule has 0 aliphatic heterocycles. The number of methoxy groups -OCH3 is 1. The fourth-order valence-corrected chi connectivity index (χ4v) is 3.36. The van der Waals surface area contributed by atoms with Gasteiger partial charge in [0.1, 0.15) is 5.75 Å². The van der Waals surface area contributed by atoms with Gasteiger partial charge in [-0.05, 0) is 48.8 Å². The molecule has 1 aliphatic rings. The zero-order valence-electron chi connectivity index (χ0n) is 12.5. The highest BCUT2D eigenvalue weighted by molar-refractivity contribution is 5.29. The molecular formula is C17H27NO. The van der Waals surface area contributed by atoms with Crippen LogP contribution >= 0.6 is 0 Å². The fourth-order valence-electron chi connectivity index (χ4n) is 3.36. The van der Waals surface area contributed by atoms with Crippen LogP contribution in [0.15, 0.2) is 24.3 Å². The Morgan fingerprint density at radius 2 is 2.21 bits per heavy atom. The molecule has 0 saturated heterocycles. The van der Waals surface area contributed by atoms with E-state index in [1.54, 1.807) is 7.11 Å². The van der Waals surface area contributed by atoms with E-state index in [0.717, 1.165) is 36.8 Å². The third-order valence-corrected chi connectivity index (χ3v) is 4.55. The molecule has 0 radical (unpaired) electrons. The monoisotopic (exact) mass is 261 g/mol. The molecule has 1 aromatic carbocycles. The van der Waals surface area contributed by atoms with Crippen LogP contribution in [0.5, 0.6) is 5.75 Å². The van der Waals surface area contributed by atoms with E-state index in [1.165, 1.54) is 18.4 Å². The van der Waals surface area contributed by atoms with Crippen molar-refractivity contribution in [2.75, 3.05) is 7.11 Å². The van der Waals surface area contributed by atoms with Crippen LogP contribution < -0.4 is 10.5 Å². The van der Waals surface area contributed by atoms with Gasteiger partial charge in [-0.2, -0.15) is 0 Å². The van der Waals surface area contributed by atoms with Crippen molar-refractivity contribution in [1.82, 2.24) is 0 Å². The molecular weight excluding hydrogens is 234 g/mol. The van der Waals surface area contributed by atoms with Gasteiger partial charge in [-0.3, -0.25) is 0 Å². The van der Waals surface area contributed by atoms with E-state index < -0.39 is 0 Å². The fraction of sp³-hybridized carbons (Fsp3) is 0.647. The SMILES string of the molecule is COc1cccc(CC2(N)CCCC(C(C)C)C2)c1. The summed E-state index contributed by atoms with van der Waals surface area (Å²) in [7, 11) is 1.72. The van der Waals surface area contributed by atoms with Crippen molar-refractivity contribution in [2.24, 2.45) is 17.6 Å². The van der Waals surface area contributed by atoms with Gasteiger partial charge in [-0.15, -0.1) is 0 Å². The topological polar surface area (TPSA) is 35.2 Å². The Morgan fingerprint density at radius 3 is 2.89 bits per heavy atom. The standard InChI is InChI=1S/C17H27NO/c1-13(2)15-7-5-9-17(18,12-15)11-14-6-4-8-16(10-14)19-3/h4,6,8,10,13,15H,5,7,9,11-12,18H2,1-3H3. The summed E-state index contributed by atoms with van der Waals surface area (Å²) in [6.45, 7) is 4.64. The van der Waals surface area contributed by atoms with E-state index in [-0.39, 0.29) is 5.54 Å². The molecule has 0 bridgehead atoms. The van der Waals surface area contributed by atoms with Crippen LogP contribution in [0, 0.1) is 11.8 Å². The van der Waals surface area contributed by atoms with Crippen LogP contribution in [0.1, 0.15) is 45.1 Å². The van der Waals surface area contributed by atoms with Crippen molar-refractivity contribution in [2.45, 2.75) is 51.5 Å². The molecule has 2 atom stereocenters. The smallest absolute Gasteiger partial charge is 0.119 e. The normalized spacial score (nSPS) is 27.5. The Kier molecular flexibility index (Phi) is 4.51. The summed E-state index contributed by atoms with van der Waals surface area (Å²) in [5.74, 6) is 2.45. The molecule has 1 fully saturated rings. The van der Waals surface area contributed by atoms with E-state index in [1.807, 2.05) is 6.07 Å². The van der Waals surface area contributed by atoms with E-state index in [4.69, 9.17) is 10.5 Å². The first-order chi connectivity index (χ1) is 9.02. The largest absolute Gasteiger partial charge is 0.497 e. The summed E-state index contributed by atoms with van der Waals surface area (Å²) in [6.07, 6.45) is 5.88. The van der Waals surface area contributed by atoms with Crippen molar-refractivity contribution < 1.29 is 4.74 Å². The molecule has 2 heteroatoms. The van der Waals surface area contributed by atoms with Gasteiger partial charge in [0, 0.05) is 5.54 Å². The van der Waals surface area contributed by atoms with Crippen molar-refractivity contribution in [3.8, 4) is 5.75 Å². The molecule has 1 aromatic rings. The molecule has 0 amide bonds. The Bertz CT molecular complexity index is 415. The number of benzene rings is 1. The predicted molar refractivity (Wildman–Crippen MR) is 80.4 cm³/mol. The average Bonchev–Trinajstić information content (AvgIpc) is 2.38. The minimum Gasteiger partial charge on any atom is -0.497 e. The maximum atomic E-state index is 6.67. The lowest BCUT2D eigenvalue weighted by Crippen LogP contribution is -2.47. The van der Waals surface area contributed by atoms with Crippen LogP contribution in [-0.4, -0.2) is 12.6 Å². The molecule has 2 unspecified atom stereocenters. The van der Waals surface area contributed by atoms with Gasteiger partial charge in [0.25, 0.3) is 0 Å². The maximum absolute atomic E-state index is 6.67. The van der Waals surface area contributed by atoms with Crippen LogP contribution in [-0.2, 0) is 6.42 Å². The molecule has 106 valence electrons. The Labute approximate surface area is 117 Å². The molecule has 2 N–H and O–H groups in total. The van der Waals surface area contributed by atoms with Gasteiger partial charge in [-0.1, -0.05) is 38.8 Å². The second kappa shape index (κ2) is 5.96. The summed E-state index contributed by atoms with van der Waals surface area (Å²) >= 11 is 0. The summed E-state index contributed by atoms with van der Waals surface area (Å²) in [6, 6.07) is 8.33.